The van der Waals surface area contributed by atoms with Crippen LogP contribution in [-0.4, -0.2) is 41.6 Å². The number of nitrogens with one attached hydrogen (secondary N) is 1. The molecule has 1 aliphatic rings. The van der Waals surface area contributed by atoms with E-state index in [0.717, 1.165) is 5.56 Å². The lowest BCUT2D eigenvalue weighted by Gasteiger charge is -2.35. The van der Waals surface area contributed by atoms with Crippen molar-refractivity contribution in [3.8, 4) is 5.75 Å². The minimum atomic E-state index is -1.05. The number of hydrazine groups is 1. The van der Waals surface area contributed by atoms with E-state index in [1.54, 1.807) is 50.4 Å². The van der Waals surface area contributed by atoms with E-state index >= 15 is 0 Å². The third kappa shape index (κ3) is 4.13. The highest BCUT2D eigenvalue weighted by Crippen LogP contribution is 2.22. The van der Waals surface area contributed by atoms with Gasteiger partial charge in [-0.25, -0.2) is 5.01 Å². The largest absolute Gasteiger partial charge is 0.496 e. The molecule has 2 aromatic rings. The molecule has 7 nitrogen and oxygen atoms in total. The molecule has 0 atom stereocenters. The number of carbonyl (C=O) groups is 2. The van der Waals surface area contributed by atoms with Gasteiger partial charge in [-0.3, -0.25) is 15.0 Å². The Morgan fingerprint density at radius 2 is 1.97 bits per heavy atom. The molecule has 0 spiro atoms. The summed E-state index contributed by atoms with van der Waals surface area (Å²) in [5, 5.41) is 11.2. The topological polar surface area (TPSA) is 88.1 Å². The summed E-state index contributed by atoms with van der Waals surface area (Å²) < 4.78 is 10.5. The fraction of sp³-hybridized carbons (Fsp3) is 0.333. The van der Waals surface area contributed by atoms with Crippen LogP contribution >= 0.6 is 0 Å². The van der Waals surface area contributed by atoms with Gasteiger partial charge in [0.15, 0.2) is 0 Å². The second kappa shape index (κ2) is 7.89. The third-order valence-corrected chi connectivity index (χ3v) is 4.89. The average molecular weight is 396 g/mol. The first kappa shape index (κ1) is 20.9. The highest BCUT2D eigenvalue weighted by Gasteiger charge is 2.33. The van der Waals surface area contributed by atoms with E-state index in [4.69, 9.17) is 9.39 Å². The molecular weight excluding hydrogens is 371 g/mol. The van der Waals surface area contributed by atoms with Crippen molar-refractivity contribution < 1.29 is 24.0 Å². The van der Waals surface area contributed by atoms with Crippen LogP contribution in [0.3, 0.4) is 0 Å². The van der Waals surface area contributed by atoms with Gasteiger partial charge in [-0.15, -0.1) is 0 Å². The zero-order valence-electron chi connectivity index (χ0n) is 17.3. The van der Waals surface area contributed by atoms with Crippen molar-refractivity contribution in [3.63, 3.8) is 0 Å². The summed E-state index contributed by atoms with van der Waals surface area (Å²) in [5.74, 6) is -0.193. The van der Waals surface area contributed by atoms with Crippen LogP contribution in [0.2, 0.25) is 0 Å². The van der Waals surface area contributed by atoms with Gasteiger partial charge in [0.25, 0.3) is 11.8 Å². The summed E-state index contributed by atoms with van der Waals surface area (Å²) in [7, 11) is 0.496. The summed E-state index contributed by atoms with van der Waals surface area (Å²) in [6.45, 7) is 7.58. The van der Waals surface area contributed by atoms with E-state index in [9.17, 15) is 14.6 Å². The minimum absolute atomic E-state index is 0.305. The first-order valence-corrected chi connectivity index (χ1v) is 9.35. The number of nitrogens with zero attached hydrogens (tertiary/aromatic N) is 1. The van der Waals surface area contributed by atoms with Crippen LogP contribution in [0.5, 0.6) is 5.75 Å². The number of amides is 2. The lowest BCUT2D eigenvalue weighted by molar-refractivity contribution is 0.0358. The molecule has 1 aliphatic heterocycles. The number of fused-ring (bicyclic) bond motifs is 1. The van der Waals surface area contributed by atoms with Crippen molar-refractivity contribution in [3.05, 3.63) is 58.7 Å². The highest BCUT2D eigenvalue weighted by atomic mass is 16.5. The van der Waals surface area contributed by atoms with E-state index in [1.165, 1.54) is 5.01 Å². The minimum Gasteiger partial charge on any atom is -0.496 e. The van der Waals surface area contributed by atoms with Crippen molar-refractivity contribution >= 4 is 24.4 Å². The van der Waals surface area contributed by atoms with Gasteiger partial charge in [0.05, 0.1) is 19.3 Å². The third-order valence-electron chi connectivity index (χ3n) is 4.89. The Kier molecular flexibility index (Phi) is 5.68. The van der Waals surface area contributed by atoms with Crippen LogP contribution in [0.15, 0.2) is 36.4 Å². The molecule has 0 radical (unpaired) electrons. The predicted molar refractivity (Wildman–Crippen MR) is 110 cm³/mol. The van der Waals surface area contributed by atoms with Gasteiger partial charge in [0.1, 0.15) is 5.75 Å². The van der Waals surface area contributed by atoms with Crippen LogP contribution in [-0.2, 0) is 11.3 Å². The number of carbonyl (C=O) groups excluding carboxylic acids is 2. The maximum Gasteiger partial charge on any atom is 0.491 e. The monoisotopic (exact) mass is 396 g/mol. The van der Waals surface area contributed by atoms with Crippen molar-refractivity contribution in [2.75, 3.05) is 7.11 Å². The quantitative estimate of drug-likeness (QED) is 0.610. The van der Waals surface area contributed by atoms with Gasteiger partial charge in [0.2, 0.25) is 0 Å². The maximum atomic E-state index is 13.2. The number of benzene rings is 2. The zero-order chi connectivity index (χ0) is 21.3. The summed E-state index contributed by atoms with van der Waals surface area (Å²) in [6.07, 6.45) is 0. The van der Waals surface area contributed by atoms with Crippen LogP contribution in [0.25, 0.3) is 0 Å². The molecule has 29 heavy (non-hydrogen) atoms. The van der Waals surface area contributed by atoms with Gasteiger partial charge in [-0.1, -0.05) is 12.1 Å². The van der Waals surface area contributed by atoms with E-state index < -0.39 is 18.6 Å². The molecule has 0 saturated heterocycles. The molecule has 0 unspecified atom stereocenters. The second-order valence-electron chi connectivity index (χ2n) is 7.96. The number of hydrogen-bond acceptors (Lipinski definition) is 5. The Hall–Kier alpha value is -2.84. The first-order chi connectivity index (χ1) is 13.6. The van der Waals surface area contributed by atoms with Crippen molar-refractivity contribution in [1.82, 2.24) is 10.4 Å². The lowest BCUT2D eigenvalue weighted by Crippen LogP contribution is -2.56. The van der Waals surface area contributed by atoms with Crippen LogP contribution < -0.4 is 15.6 Å². The van der Waals surface area contributed by atoms with Gasteiger partial charge in [-0.05, 0) is 63.0 Å². The molecule has 0 aliphatic carbocycles. The van der Waals surface area contributed by atoms with Gasteiger partial charge in [0, 0.05) is 16.7 Å². The van der Waals surface area contributed by atoms with Crippen molar-refractivity contribution in [2.24, 2.45) is 0 Å². The molecule has 2 N–H and O–H groups in total. The molecule has 0 fully saturated rings. The van der Waals surface area contributed by atoms with Crippen LogP contribution in [0.4, 0.5) is 0 Å². The SMILES string of the molecule is COc1cccc(C(=O)NN(C(=O)c2ccc3c(c2)B(O)OC3)C(C)(C)C)c1C. The summed E-state index contributed by atoms with van der Waals surface area (Å²) in [4.78, 5) is 26.2. The number of methoxy groups -OCH3 is 1. The van der Waals surface area contributed by atoms with Gasteiger partial charge in [-0.2, -0.15) is 0 Å². The Morgan fingerprint density at radius 1 is 1.24 bits per heavy atom. The predicted octanol–water partition coefficient (Wildman–Crippen LogP) is 1.81. The smallest absolute Gasteiger partial charge is 0.491 e. The molecule has 0 saturated carbocycles. The molecule has 0 aromatic heterocycles. The van der Waals surface area contributed by atoms with Crippen LogP contribution in [0, 0.1) is 6.92 Å². The van der Waals surface area contributed by atoms with E-state index in [0.29, 0.717) is 34.5 Å². The van der Waals surface area contributed by atoms with Crippen molar-refractivity contribution in [1.29, 1.82) is 0 Å². The average Bonchev–Trinajstić information content (AvgIpc) is 3.05. The zero-order valence-corrected chi connectivity index (χ0v) is 17.3. The Bertz CT molecular complexity index is 955. The molecule has 8 heteroatoms. The van der Waals surface area contributed by atoms with E-state index in [2.05, 4.69) is 5.43 Å². The Balaban J connectivity index is 1.90. The first-order valence-electron chi connectivity index (χ1n) is 9.35. The molecule has 0 bridgehead atoms. The normalized spacial score (nSPS) is 13.1. The number of hydrogen-bond donors (Lipinski definition) is 2. The Labute approximate surface area is 170 Å². The summed E-state index contributed by atoms with van der Waals surface area (Å²) in [5.41, 5.74) is 4.92. The number of ether oxygens (including phenoxy) is 1. The van der Waals surface area contributed by atoms with Crippen molar-refractivity contribution in [2.45, 2.75) is 39.8 Å². The van der Waals surface area contributed by atoms with E-state index in [1.807, 2.05) is 20.8 Å². The maximum absolute atomic E-state index is 13.2. The lowest BCUT2D eigenvalue weighted by atomic mass is 9.78. The standard InChI is InChI=1S/C21H25BN2O5/c1-13-16(7-6-8-18(13)28-5)19(25)23-24(21(2,3)4)20(26)14-9-10-15-12-29-22(27)17(15)11-14/h6-11,27H,12H2,1-5H3,(H,23,25). The van der Waals surface area contributed by atoms with E-state index in [-0.39, 0.29) is 5.91 Å². The molecule has 2 aromatic carbocycles. The molecule has 3 rings (SSSR count). The fourth-order valence-electron chi connectivity index (χ4n) is 3.24. The number of rotatable bonds is 3. The summed E-state index contributed by atoms with van der Waals surface area (Å²) >= 11 is 0. The fourth-order valence-corrected chi connectivity index (χ4v) is 3.24. The summed E-state index contributed by atoms with van der Waals surface area (Å²) in [6, 6.07) is 10.2. The molecule has 1 heterocycles. The van der Waals surface area contributed by atoms with Gasteiger partial charge >= 0.3 is 7.12 Å². The molecular formula is C21H25BN2O5. The second-order valence-corrected chi connectivity index (χ2v) is 7.96. The molecule has 2 amide bonds. The Morgan fingerprint density at radius 3 is 2.62 bits per heavy atom. The van der Waals surface area contributed by atoms with Crippen LogP contribution in [0.1, 0.15) is 52.6 Å². The molecule has 152 valence electrons. The highest BCUT2D eigenvalue weighted by molar-refractivity contribution is 6.61. The van der Waals surface area contributed by atoms with Gasteiger partial charge < -0.3 is 14.4 Å².